The van der Waals surface area contributed by atoms with Gasteiger partial charge in [-0.15, -0.1) is 4.83 Å². The van der Waals surface area contributed by atoms with Crippen LogP contribution in [0.2, 0.25) is 0 Å². The second-order valence-electron chi connectivity index (χ2n) is 2.42. The van der Waals surface area contributed by atoms with E-state index in [0.717, 1.165) is 0 Å². The van der Waals surface area contributed by atoms with Crippen LogP contribution in [0.1, 0.15) is 0 Å². The molecule has 0 atom stereocenters. The minimum atomic E-state index is -4.67. The van der Waals surface area contributed by atoms with Crippen molar-refractivity contribution < 1.29 is 30.1 Å². The fourth-order valence-corrected chi connectivity index (χ4v) is 1.04. The van der Waals surface area contributed by atoms with E-state index in [4.69, 9.17) is 23.4 Å². The summed E-state index contributed by atoms with van der Waals surface area (Å²) < 4.78 is 57.5. The Bertz CT molecular complexity index is 517. The number of nitrogens with two attached hydrogens (primary N) is 1. The molecule has 0 unspecified atom stereocenters. The van der Waals surface area contributed by atoms with E-state index in [1.165, 1.54) is 17.0 Å². The van der Waals surface area contributed by atoms with Gasteiger partial charge in [-0.1, -0.05) is 18.2 Å². The zero-order valence-electron chi connectivity index (χ0n) is 8.22. The van der Waals surface area contributed by atoms with Gasteiger partial charge in [0, 0.05) is 0 Å². The molecule has 0 spiro atoms. The molecule has 0 fully saturated rings. The lowest BCUT2D eigenvalue weighted by molar-refractivity contribution is 0.381. The second-order valence-corrected chi connectivity index (χ2v) is 4.62. The van der Waals surface area contributed by atoms with Gasteiger partial charge in [-0.3, -0.25) is 14.9 Å². The van der Waals surface area contributed by atoms with Crippen molar-refractivity contribution in [3.63, 3.8) is 0 Å². The molecule has 0 bridgehead atoms. The van der Waals surface area contributed by atoms with Crippen LogP contribution in [0.15, 0.2) is 30.3 Å². The van der Waals surface area contributed by atoms with Gasteiger partial charge in [0.05, 0.1) is 0 Å². The molecule has 5 N–H and O–H groups in total. The molecule has 0 saturated carbocycles. The summed E-state index contributed by atoms with van der Waals surface area (Å²) in [6.45, 7) is 0. The van der Waals surface area contributed by atoms with Crippen molar-refractivity contribution in [1.29, 1.82) is 0 Å². The standard InChI is InChI=1S/C6H8N2O3S.H2O4S/c7-8-12(9,10)11-6-4-2-1-3-5-6;1-5(2,3)4/h1-5,8H,7H2;(H2,1,2,3,4). The van der Waals surface area contributed by atoms with E-state index in [1.807, 2.05) is 0 Å². The molecule has 98 valence electrons. The average Bonchev–Trinajstić information content (AvgIpc) is 2.16. The molecule has 17 heavy (non-hydrogen) atoms. The first-order valence-electron chi connectivity index (χ1n) is 3.81. The van der Waals surface area contributed by atoms with Gasteiger partial charge in [0.25, 0.3) is 0 Å². The summed E-state index contributed by atoms with van der Waals surface area (Å²) in [6, 6.07) is 8.07. The first-order valence-corrected chi connectivity index (χ1v) is 6.61. The molecule has 9 nitrogen and oxygen atoms in total. The largest absolute Gasteiger partial charge is 0.395 e. The van der Waals surface area contributed by atoms with Crippen molar-refractivity contribution in [1.82, 2.24) is 4.83 Å². The van der Waals surface area contributed by atoms with Crippen LogP contribution in [-0.2, 0) is 20.7 Å². The summed E-state index contributed by atoms with van der Waals surface area (Å²) in [6.07, 6.45) is 0. The molecule has 1 aromatic carbocycles. The number of rotatable bonds is 3. The molecule has 0 aromatic heterocycles. The predicted octanol–water partition coefficient (Wildman–Crippen LogP) is -0.879. The van der Waals surface area contributed by atoms with E-state index in [9.17, 15) is 8.42 Å². The Morgan fingerprint density at radius 2 is 1.47 bits per heavy atom. The summed E-state index contributed by atoms with van der Waals surface area (Å²) in [4.78, 5) is 1.54. The van der Waals surface area contributed by atoms with E-state index < -0.39 is 20.7 Å². The summed E-state index contributed by atoms with van der Waals surface area (Å²) in [5.74, 6) is 4.91. The van der Waals surface area contributed by atoms with Gasteiger partial charge in [-0.2, -0.15) is 16.8 Å². The van der Waals surface area contributed by atoms with Crippen LogP contribution >= 0.6 is 0 Å². The lowest BCUT2D eigenvalue weighted by Crippen LogP contribution is -2.33. The van der Waals surface area contributed by atoms with Gasteiger partial charge in [0.1, 0.15) is 5.75 Å². The third-order valence-electron chi connectivity index (χ3n) is 1.09. The molecule has 0 aliphatic heterocycles. The zero-order valence-corrected chi connectivity index (χ0v) is 9.85. The zero-order chi connectivity index (χ0) is 13.5. The molecular weight excluding hydrogens is 276 g/mol. The maximum Gasteiger partial charge on any atom is 0.395 e. The Morgan fingerprint density at radius 1 is 1.06 bits per heavy atom. The van der Waals surface area contributed by atoms with Gasteiger partial charge in [-0.25, -0.2) is 0 Å². The maximum absolute atomic E-state index is 10.7. The van der Waals surface area contributed by atoms with Crippen LogP contribution in [0.25, 0.3) is 0 Å². The molecule has 0 saturated heterocycles. The smallest absolute Gasteiger partial charge is 0.370 e. The third-order valence-corrected chi connectivity index (χ3v) is 1.79. The molecule has 0 aliphatic rings. The molecule has 0 radical (unpaired) electrons. The molecule has 0 amide bonds. The molecular formula is C6H10N2O7S2. The summed E-state index contributed by atoms with van der Waals surface area (Å²) in [5.41, 5.74) is 0. The molecule has 11 heteroatoms. The molecule has 1 rings (SSSR count). The molecule has 0 aliphatic carbocycles. The van der Waals surface area contributed by atoms with Crippen molar-refractivity contribution in [2.75, 3.05) is 0 Å². The summed E-state index contributed by atoms with van der Waals surface area (Å²) in [7, 11) is -8.51. The van der Waals surface area contributed by atoms with Crippen LogP contribution in [0.3, 0.4) is 0 Å². The number of nitrogens with one attached hydrogen (secondary N) is 1. The fraction of sp³-hybridized carbons (Fsp3) is 0. The summed E-state index contributed by atoms with van der Waals surface area (Å²) >= 11 is 0. The third kappa shape index (κ3) is 11.0. The average molecular weight is 286 g/mol. The monoisotopic (exact) mass is 286 g/mol. The van der Waals surface area contributed by atoms with Crippen molar-refractivity contribution in [3.8, 4) is 5.75 Å². The number of para-hydroxylation sites is 1. The van der Waals surface area contributed by atoms with Crippen molar-refractivity contribution in [3.05, 3.63) is 30.3 Å². The second kappa shape index (κ2) is 6.48. The Labute approximate surface area is 98.0 Å². The quantitative estimate of drug-likeness (QED) is 0.317. The fourth-order valence-electron chi connectivity index (χ4n) is 0.627. The van der Waals surface area contributed by atoms with Gasteiger partial charge in [-0.05, 0) is 12.1 Å². The number of hydrazine groups is 1. The first-order chi connectivity index (χ1) is 7.64. The SMILES string of the molecule is NNS(=O)(=O)Oc1ccccc1.O=S(=O)(O)O. The van der Waals surface area contributed by atoms with E-state index >= 15 is 0 Å². The number of benzene rings is 1. The van der Waals surface area contributed by atoms with Crippen LogP contribution in [0.4, 0.5) is 0 Å². The van der Waals surface area contributed by atoms with Crippen molar-refractivity contribution in [2.45, 2.75) is 0 Å². The Morgan fingerprint density at radius 3 is 1.82 bits per heavy atom. The minimum absolute atomic E-state index is 0.218. The minimum Gasteiger partial charge on any atom is -0.370 e. The highest BCUT2D eigenvalue weighted by Crippen LogP contribution is 2.09. The highest BCUT2D eigenvalue weighted by molar-refractivity contribution is 7.85. The first kappa shape index (κ1) is 15.8. The van der Waals surface area contributed by atoms with Crippen molar-refractivity contribution >= 4 is 20.7 Å². The van der Waals surface area contributed by atoms with Crippen LogP contribution in [-0.4, -0.2) is 25.9 Å². The van der Waals surface area contributed by atoms with Gasteiger partial charge in [0.15, 0.2) is 0 Å². The van der Waals surface area contributed by atoms with Crippen LogP contribution in [0.5, 0.6) is 5.75 Å². The lowest BCUT2D eigenvalue weighted by Gasteiger charge is -2.03. The normalized spacial score (nSPS) is 11.2. The van der Waals surface area contributed by atoms with E-state index in [2.05, 4.69) is 4.18 Å². The molecule has 0 heterocycles. The number of hydrogen-bond acceptors (Lipinski definition) is 6. The maximum atomic E-state index is 10.7. The Hall–Kier alpha value is -1.24. The van der Waals surface area contributed by atoms with Gasteiger partial charge >= 0.3 is 20.7 Å². The Balaban J connectivity index is 0.000000437. The van der Waals surface area contributed by atoms with Crippen LogP contribution in [0, 0.1) is 0 Å². The lowest BCUT2D eigenvalue weighted by atomic mass is 10.3. The topological polar surface area (TPSA) is 156 Å². The predicted molar refractivity (Wildman–Crippen MR) is 57.5 cm³/mol. The number of hydrogen-bond donors (Lipinski definition) is 4. The molecule has 1 aromatic rings. The van der Waals surface area contributed by atoms with E-state index in [1.54, 1.807) is 18.2 Å². The van der Waals surface area contributed by atoms with E-state index in [-0.39, 0.29) is 5.75 Å². The van der Waals surface area contributed by atoms with Gasteiger partial charge < -0.3 is 4.18 Å². The highest BCUT2D eigenvalue weighted by Gasteiger charge is 2.07. The van der Waals surface area contributed by atoms with E-state index in [0.29, 0.717) is 0 Å². The van der Waals surface area contributed by atoms with Crippen molar-refractivity contribution in [2.24, 2.45) is 5.84 Å². The van der Waals surface area contributed by atoms with Crippen LogP contribution < -0.4 is 14.9 Å². The highest BCUT2D eigenvalue weighted by atomic mass is 32.3. The van der Waals surface area contributed by atoms with Gasteiger partial charge in [0.2, 0.25) is 0 Å². The Kier molecular flexibility index (Phi) is 6.01. The summed E-state index contributed by atoms with van der Waals surface area (Å²) in [5, 5.41) is 0.